The van der Waals surface area contributed by atoms with Crippen LogP contribution >= 0.6 is 11.6 Å². The first-order valence-corrected chi connectivity index (χ1v) is 4.42. The van der Waals surface area contributed by atoms with E-state index >= 15 is 0 Å². The summed E-state index contributed by atoms with van der Waals surface area (Å²) in [6.07, 6.45) is 1.52. The maximum atomic E-state index is 10.6. The van der Waals surface area contributed by atoms with Gasteiger partial charge >= 0.3 is 5.97 Å². The summed E-state index contributed by atoms with van der Waals surface area (Å²) in [6, 6.07) is 0. The number of rotatable bonds is 2. The summed E-state index contributed by atoms with van der Waals surface area (Å²) in [4.78, 5) is 10.6. The predicted molar refractivity (Wildman–Crippen MR) is 54.2 cm³/mol. The van der Waals surface area contributed by atoms with Gasteiger partial charge in [0.25, 0.3) is 0 Å². The second-order valence-corrected chi connectivity index (χ2v) is 3.40. The van der Waals surface area contributed by atoms with Gasteiger partial charge in [0.15, 0.2) is 0 Å². The topological polar surface area (TPSA) is 55.1 Å². The Balaban J connectivity index is 3.20. The maximum Gasteiger partial charge on any atom is 0.331 e. The number of aryl methyl sites for hydroxylation is 2. The average Bonchev–Trinajstić information content (AvgIpc) is 2.32. The number of aliphatic carboxylic acids is 1. The Morgan fingerprint density at radius 3 is 2.57 bits per heavy atom. The summed E-state index contributed by atoms with van der Waals surface area (Å²) in [5.41, 5.74) is 1.62. The molecule has 1 N–H and O–H groups in total. The molecule has 0 radical (unpaired) electrons. The molecule has 76 valence electrons. The fourth-order valence-corrected chi connectivity index (χ4v) is 1.32. The number of aromatic nitrogens is 2. The standard InChI is InChI=1S/C9H11ClN2O2/c1-5(9(13)14)4-7-6(2)11-12(3)8(7)10/h4H,1-3H3,(H,13,14)/b5-4+. The van der Waals surface area contributed by atoms with E-state index in [9.17, 15) is 4.79 Å². The van der Waals surface area contributed by atoms with Crippen molar-refractivity contribution in [1.82, 2.24) is 9.78 Å². The molecule has 0 saturated heterocycles. The van der Waals surface area contributed by atoms with Crippen LogP contribution < -0.4 is 0 Å². The Hall–Kier alpha value is -1.29. The molecule has 0 aliphatic heterocycles. The molecule has 4 nitrogen and oxygen atoms in total. The van der Waals surface area contributed by atoms with Gasteiger partial charge < -0.3 is 5.11 Å². The third kappa shape index (κ3) is 1.96. The van der Waals surface area contributed by atoms with Crippen molar-refractivity contribution in [2.45, 2.75) is 13.8 Å². The van der Waals surface area contributed by atoms with Crippen molar-refractivity contribution in [1.29, 1.82) is 0 Å². The molecule has 0 saturated carbocycles. The smallest absolute Gasteiger partial charge is 0.331 e. The Kier molecular flexibility index (Phi) is 2.96. The van der Waals surface area contributed by atoms with Crippen LogP contribution in [0.1, 0.15) is 18.2 Å². The van der Waals surface area contributed by atoms with E-state index in [1.54, 1.807) is 14.0 Å². The lowest BCUT2D eigenvalue weighted by molar-refractivity contribution is -0.132. The lowest BCUT2D eigenvalue weighted by atomic mass is 10.2. The van der Waals surface area contributed by atoms with Gasteiger partial charge in [-0.1, -0.05) is 11.6 Å². The zero-order valence-electron chi connectivity index (χ0n) is 8.21. The van der Waals surface area contributed by atoms with Gasteiger partial charge in [-0.3, -0.25) is 4.68 Å². The quantitative estimate of drug-likeness (QED) is 0.765. The minimum atomic E-state index is -0.954. The number of carbonyl (C=O) groups is 1. The monoisotopic (exact) mass is 214 g/mol. The number of halogens is 1. The van der Waals surface area contributed by atoms with Crippen molar-refractivity contribution in [2.75, 3.05) is 0 Å². The van der Waals surface area contributed by atoms with Gasteiger partial charge in [-0.25, -0.2) is 4.79 Å². The van der Waals surface area contributed by atoms with Crippen molar-refractivity contribution >= 4 is 23.6 Å². The number of nitrogens with zero attached hydrogens (tertiary/aromatic N) is 2. The normalized spacial score (nSPS) is 11.9. The molecule has 1 rings (SSSR count). The molecule has 0 aliphatic rings. The van der Waals surface area contributed by atoms with Gasteiger partial charge in [0.1, 0.15) is 5.15 Å². The van der Waals surface area contributed by atoms with Crippen LogP contribution in [0.25, 0.3) is 6.08 Å². The number of hydrogen-bond acceptors (Lipinski definition) is 2. The Morgan fingerprint density at radius 1 is 1.64 bits per heavy atom. The van der Waals surface area contributed by atoms with E-state index in [0.717, 1.165) is 5.69 Å². The van der Waals surface area contributed by atoms with Crippen LogP contribution in [0.3, 0.4) is 0 Å². The van der Waals surface area contributed by atoms with Gasteiger partial charge in [0, 0.05) is 18.2 Å². The molecule has 0 aromatic carbocycles. The first-order chi connectivity index (χ1) is 6.43. The summed E-state index contributed by atoms with van der Waals surface area (Å²) < 4.78 is 1.51. The minimum absolute atomic E-state index is 0.239. The van der Waals surface area contributed by atoms with E-state index in [1.165, 1.54) is 17.7 Å². The van der Waals surface area contributed by atoms with Gasteiger partial charge in [0.2, 0.25) is 0 Å². The fourth-order valence-electron chi connectivity index (χ4n) is 1.09. The van der Waals surface area contributed by atoms with Crippen molar-refractivity contribution < 1.29 is 9.90 Å². The molecule has 0 spiro atoms. The van der Waals surface area contributed by atoms with Crippen LogP contribution in [0, 0.1) is 6.92 Å². The van der Waals surface area contributed by atoms with Gasteiger partial charge in [-0.05, 0) is 19.9 Å². The molecule has 5 heteroatoms. The van der Waals surface area contributed by atoms with Crippen LogP contribution in [0.4, 0.5) is 0 Å². The first kappa shape index (κ1) is 10.8. The molecule has 0 bridgehead atoms. The summed E-state index contributed by atoms with van der Waals surface area (Å²) in [5.74, 6) is -0.954. The average molecular weight is 215 g/mol. The first-order valence-electron chi connectivity index (χ1n) is 4.04. The Morgan fingerprint density at radius 2 is 2.21 bits per heavy atom. The molecular weight excluding hydrogens is 204 g/mol. The number of carboxylic acid groups (broad SMARTS) is 1. The molecule has 14 heavy (non-hydrogen) atoms. The molecule has 0 unspecified atom stereocenters. The minimum Gasteiger partial charge on any atom is -0.478 e. The van der Waals surface area contributed by atoms with Crippen molar-refractivity contribution in [2.24, 2.45) is 7.05 Å². The van der Waals surface area contributed by atoms with Crippen LogP contribution in [0.2, 0.25) is 5.15 Å². The van der Waals surface area contributed by atoms with E-state index in [0.29, 0.717) is 10.7 Å². The molecule has 0 fully saturated rings. The van der Waals surface area contributed by atoms with E-state index in [2.05, 4.69) is 5.10 Å². The highest BCUT2D eigenvalue weighted by Crippen LogP contribution is 2.21. The highest BCUT2D eigenvalue weighted by Gasteiger charge is 2.10. The zero-order chi connectivity index (χ0) is 10.9. The van der Waals surface area contributed by atoms with E-state index in [1.807, 2.05) is 0 Å². The van der Waals surface area contributed by atoms with Crippen LogP contribution in [0.5, 0.6) is 0 Å². The Labute approximate surface area is 86.8 Å². The predicted octanol–water partition coefficient (Wildman–Crippen LogP) is 1.87. The van der Waals surface area contributed by atoms with E-state index < -0.39 is 5.97 Å². The fraction of sp³-hybridized carbons (Fsp3) is 0.333. The van der Waals surface area contributed by atoms with Crippen molar-refractivity contribution in [3.8, 4) is 0 Å². The SMILES string of the molecule is C/C(=C\c1c(C)nn(C)c1Cl)C(=O)O. The largest absolute Gasteiger partial charge is 0.478 e. The molecule has 0 aliphatic carbocycles. The molecule has 0 atom stereocenters. The van der Waals surface area contributed by atoms with Crippen LogP contribution in [-0.2, 0) is 11.8 Å². The van der Waals surface area contributed by atoms with E-state index in [4.69, 9.17) is 16.7 Å². The summed E-state index contributed by atoms with van der Waals surface area (Å²) in [6.45, 7) is 3.30. The van der Waals surface area contributed by atoms with Gasteiger partial charge in [0.05, 0.1) is 5.69 Å². The van der Waals surface area contributed by atoms with Crippen LogP contribution in [0.15, 0.2) is 5.57 Å². The summed E-state index contributed by atoms with van der Waals surface area (Å²) >= 11 is 5.93. The van der Waals surface area contributed by atoms with Crippen LogP contribution in [-0.4, -0.2) is 20.9 Å². The lowest BCUT2D eigenvalue weighted by Gasteiger charge is -1.94. The zero-order valence-corrected chi connectivity index (χ0v) is 8.96. The molecule has 1 aromatic heterocycles. The number of carboxylic acids is 1. The Bertz CT molecular complexity index is 407. The number of hydrogen-bond donors (Lipinski definition) is 1. The lowest BCUT2D eigenvalue weighted by Crippen LogP contribution is -1.95. The summed E-state index contributed by atoms with van der Waals surface area (Å²) in [5, 5.41) is 13.2. The molecule has 1 aromatic rings. The van der Waals surface area contributed by atoms with Gasteiger partial charge in [-0.2, -0.15) is 5.10 Å². The highest BCUT2D eigenvalue weighted by molar-refractivity contribution is 6.31. The third-order valence-electron chi connectivity index (χ3n) is 1.89. The molecular formula is C9H11ClN2O2. The summed E-state index contributed by atoms with van der Waals surface area (Å²) in [7, 11) is 1.71. The van der Waals surface area contributed by atoms with Gasteiger partial charge in [-0.15, -0.1) is 0 Å². The second-order valence-electron chi connectivity index (χ2n) is 3.05. The van der Waals surface area contributed by atoms with Crippen molar-refractivity contribution in [3.63, 3.8) is 0 Å². The van der Waals surface area contributed by atoms with E-state index in [-0.39, 0.29) is 5.57 Å². The van der Waals surface area contributed by atoms with Crippen molar-refractivity contribution in [3.05, 3.63) is 22.0 Å². The second kappa shape index (κ2) is 3.84. The highest BCUT2D eigenvalue weighted by atomic mass is 35.5. The third-order valence-corrected chi connectivity index (χ3v) is 2.34. The molecule has 1 heterocycles. The molecule has 0 amide bonds. The maximum absolute atomic E-state index is 10.6.